The lowest BCUT2D eigenvalue weighted by atomic mass is 9.59. The molecular formula is C17H31NO2. The Kier molecular flexibility index (Phi) is 4.13. The van der Waals surface area contributed by atoms with Gasteiger partial charge in [-0.05, 0) is 49.9 Å². The Hall–Kier alpha value is -0.120. The van der Waals surface area contributed by atoms with Crippen LogP contribution in [0.5, 0.6) is 0 Å². The van der Waals surface area contributed by atoms with Crippen molar-refractivity contribution < 1.29 is 9.47 Å². The maximum absolute atomic E-state index is 6.97. The van der Waals surface area contributed by atoms with E-state index in [9.17, 15) is 0 Å². The molecule has 2 heterocycles. The minimum Gasteiger partial charge on any atom is -0.381 e. The highest BCUT2D eigenvalue weighted by atomic mass is 16.5. The monoisotopic (exact) mass is 281 g/mol. The average molecular weight is 281 g/mol. The predicted molar refractivity (Wildman–Crippen MR) is 80.6 cm³/mol. The minimum absolute atomic E-state index is 0.0345. The van der Waals surface area contributed by atoms with Crippen molar-refractivity contribution >= 4 is 0 Å². The van der Waals surface area contributed by atoms with Crippen molar-refractivity contribution in [2.75, 3.05) is 19.8 Å². The van der Waals surface area contributed by atoms with Crippen molar-refractivity contribution in [3.63, 3.8) is 0 Å². The summed E-state index contributed by atoms with van der Waals surface area (Å²) in [5, 5.41) is 0. The van der Waals surface area contributed by atoms with Crippen LogP contribution in [0, 0.1) is 17.8 Å². The maximum atomic E-state index is 6.97. The fourth-order valence-electron chi connectivity index (χ4n) is 4.89. The summed E-state index contributed by atoms with van der Waals surface area (Å²) < 4.78 is 11.7. The van der Waals surface area contributed by atoms with Gasteiger partial charge in [0.05, 0.1) is 5.60 Å². The second-order valence-electron chi connectivity index (χ2n) is 7.60. The van der Waals surface area contributed by atoms with Crippen LogP contribution in [0.25, 0.3) is 0 Å². The van der Waals surface area contributed by atoms with Crippen molar-refractivity contribution in [3.8, 4) is 0 Å². The van der Waals surface area contributed by atoms with Gasteiger partial charge < -0.3 is 15.2 Å². The number of ether oxygens (including phenoxy) is 2. The van der Waals surface area contributed by atoms with Gasteiger partial charge in [-0.15, -0.1) is 0 Å². The van der Waals surface area contributed by atoms with Gasteiger partial charge in [-0.25, -0.2) is 0 Å². The van der Waals surface area contributed by atoms with Crippen molar-refractivity contribution in [1.29, 1.82) is 0 Å². The van der Waals surface area contributed by atoms with E-state index >= 15 is 0 Å². The Bertz CT molecular complexity index is 334. The summed E-state index contributed by atoms with van der Waals surface area (Å²) in [6, 6.07) is 0. The van der Waals surface area contributed by atoms with E-state index < -0.39 is 0 Å². The van der Waals surface area contributed by atoms with E-state index in [1.54, 1.807) is 0 Å². The first-order valence-corrected chi connectivity index (χ1v) is 8.56. The van der Waals surface area contributed by atoms with Gasteiger partial charge in [0.2, 0.25) is 0 Å². The molecule has 0 bridgehead atoms. The summed E-state index contributed by atoms with van der Waals surface area (Å²) in [6.07, 6.45) is 8.28. The van der Waals surface area contributed by atoms with Crippen LogP contribution in [-0.2, 0) is 9.47 Å². The van der Waals surface area contributed by atoms with Crippen LogP contribution >= 0.6 is 0 Å². The second kappa shape index (κ2) is 5.58. The van der Waals surface area contributed by atoms with E-state index in [0.717, 1.165) is 51.4 Å². The lowest BCUT2D eigenvalue weighted by Gasteiger charge is -2.53. The quantitative estimate of drug-likeness (QED) is 0.803. The number of hydrogen-bond acceptors (Lipinski definition) is 3. The molecule has 1 aliphatic carbocycles. The van der Waals surface area contributed by atoms with Crippen molar-refractivity contribution in [1.82, 2.24) is 0 Å². The zero-order valence-electron chi connectivity index (χ0n) is 13.2. The van der Waals surface area contributed by atoms with Crippen molar-refractivity contribution in [2.45, 2.75) is 69.9 Å². The highest BCUT2D eigenvalue weighted by Gasteiger charge is 2.49. The van der Waals surface area contributed by atoms with E-state index in [2.05, 4.69) is 13.8 Å². The molecule has 3 fully saturated rings. The lowest BCUT2D eigenvalue weighted by molar-refractivity contribution is -0.160. The molecule has 0 radical (unpaired) electrons. The predicted octanol–water partition coefficient (Wildman–Crippen LogP) is 3.12. The van der Waals surface area contributed by atoms with E-state index in [4.69, 9.17) is 15.2 Å². The van der Waals surface area contributed by atoms with E-state index in [0.29, 0.717) is 11.8 Å². The first-order valence-electron chi connectivity index (χ1n) is 8.56. The van der Waals surface area contributed by atoms with Gasteiger partial charge in [0.1, 0.15) is 0 Å². The van der Waals surface area contributed by atoms with E-state index in [1.165, 1.54) is 19.3 Å². The van der Waals surface area contributed by atoms with Gasteiger partial charge in [0, 0.05) is 25.4 Å². The normalized spacial score (nSPS) is 45.5. The highest BCUT2D eigenvalue weighted by molar-refractivity contribution is 5.04. The van der Waals surface area contributed by atoms with Gasteiger partial charge in [0.15, 0.2) is 0 Å². The second-order valence-corrected chi connectivity index (χ2v) is 7.60. The van der Waals surface area contributed by atoms with Crippen LogP contribution < -0.4 is 5.73 Å². The Balaban J connectivity index is 1.75. The van der Waals surface area contributed by atoms with Crippen LogP contribution in [0.2, 0.25) is 0 Å². The van der Waals surface area contributed by atoms with Crippen LogP contribution in [0.4, 0.5) is 0 Å². The molecule has 20 heavy (non-hydrogen) atoms. The van der Waals surface area contributed by atoms with Gasteiger partial charge in [-0.1, -0.05) is 26.7 Å². The van der Waals surface area contributed by atoms with Gasteiger partial charge >= 0.3 is 0 Å². The smallest absolute Gasteiger partial charge is 0.0729 e. The molecule has 3 heteroatoms. The molecular weight excluding hydrogens is 250 g/mol. The van der Waals surface area contributed by atoms with Gasteiger partial charge in [0.25, 0.3) is 0 Å². The average Bonchev–Trinajstić information content (AvgIpc) is 2.46. The minimum atomic E-state index is 0.0345. The number of hydrogen-bond donors (Lipinski definition) is 1. The van der Waals surface area contributed by atoms with E-state index in [1.807, 2.05) is 0 Å². The third kappa shape index (κ3) is 2.53. The molecule has 0 aromatic carbocycles. The zero-order chi connectivity index (χ0) is 14.2. The molecule has 2 aliphatic heterocycles. The lowest BCUT2D eigenvalue weighted by Crippen LogP contribution is -2.60. The Labute approximate surface area is 123 Å². The molecule has 0 aromatic heterocycles. The molecule has 2 N–H and O–H groups in total. The largest absolute Gasteiger partial charge is 0.381 e. The standard InChI is InChI=1S/C17H31NO2/c1-13-4-3-6-17(18,14(13)2)15-5-9-20-16(12-15)7-10-19-11-8-16/h13-15H,3-12,18H2,1-2H3. The fraction of sp³-hybridized carbons (Fsp3) is 1.00. The van der Waals surface area contributed by atoms with Gasteiger partial charge in [-0.2, -0.15) is 0 Å². The third-order valence-electron chi connectivity index (χ3n) is 6.63. The Morgan fingerprint density at radius 1 is 1.00 bits per heavy atom. The molecule has 4 atom stereocenters. The Morgan fingerprint density at radius 2 is 1.75 bits per heavy atom. The molecule has 116 valence electrons. The molecule has 3 aliphatic rings. The first-order chi connectivity index (χ1) is 9.56. The molecule has 0 amide bonds. The molecule has 1 spiro atoms. The van der Waals surface area contributed by atoms with Crippen LogP contribution in [0.15, 0.2) is 0 Å². The summed E-state index contributed by atoms with van der Waals surface area (Å²) >= 11 is 0. The summed E-state index contributed by atoms with van der Waals surface area (Å²) in [7, 11) is 0. The Morgan fingerprint density at radius 3 is 2.50 bits per heavy atom. The molecule has 0 aromatic rings. The zero-order valence-corrected chi connectivity index (χ0v) is 13.2. The summed E-state index contributed by atoms with van der Waals surface area (Å²) in [4.78, 5) is 0. The maximum Gasteiger partial charge on any atom is 0.0729 e. The summed E-state index contributed by atoms with van der Waals surface area (Å²) in [5.41, 5.74) is 7.08. The summed E-state index contributed by atoms with van der Waals surface area (Å²) in [6.45, 7) is 7.38. The number of nitrogens with two attached hydrogens (primary N) is 1. The van der Waals surface area contributed by atoms with Crippen LogP contribution in [-0.4, -0.2) is 31.0 Å². The van der Waals surface area contributed by atoms with Crippen molar-refractivity contribution in [2.24, 2.45) is 23.5 Å². The fourth-order valence-corrected chi connectivity index (χ4v) is 4.89. The molecule has 3 rings (SSSR count). The van der Waals surface area contributed by atoms with Gasteiger partial charge in [-0.3, -0.25) is 0 Å². The molecule has 3 nitrogen and oxygen atoms in total. The first kappa shape index (κ1) is 14.8. The summed E-state index contributed by atoms with van der Waals surface area (Å²) in [5.74, 6) is 2.03. The van der Waals surface area contributed by atoms with Crippen LogP contribution in [0.1, 0.15) is 58.8 Å². The highest BCUT2D eigenvalue weighted by Crippen LogP contribution is 2.48. The topological polar surface area (TPSA) is 44.5 Å². The number of rotatable bonds is 1. The third-order valence-corrected chi connectivity index (χ3v) is 6.63. The van der Waals surface area contributed by atoms with Crippen molar-refractivity contribution in [3.05, 3.63) is 0 Å². The van der Waals surface area contributed by atoms with Crippen LogP contribution in [0.3, 0.4) is 0 Å². The molecule has 2 saturated heterocycles. The van der Waals surface area contributed by atoms with E-state index in [-0.39, 0.29) is 11.1 Å². The molecule has 4 unspecified atom stereocenters. The molecule has 1 saturated carbocycles. The SMILES string of the molecule is CC1CCCC(N)(C2CCOC3(CCOCC3)C2)C1C.